The van der Waals surface area contributed by atoms with Gasteiger partial charge in [-0.3, -0.25) is 0 Å². The number of carboxylic acids is 1. The van der Waals surface area contributed by atoms with Crippen LogP contribution in [0.1, 0.15) is 15.9 Å². The standard InChI is InChI=1S/C14H11BrO2S/c1-9-6-7-10(14(16)17)13(8-9)18-12-5-3-2-4-11(12)15/h2-8H,1H3,(H,16,17). The van der Waals surface area contributed by atoms with Gasteiger partial charge in [0.05, 0.1) is 5.56 Å². The van der Waals surface area contributed by atoms with Crippen LogP contribution >= 0.6 is 27.7 Å². The Balaban J connectivity index is 2.42. The Morgan fingerprint density at radius 1 is 1.17 bits per heavy atom. The number of hydrogen-bond acceptors (Lipinski definition) is 2. The summed E-state index contributed by atoms with van der Waals surface area (Å²) in [6.45, 7) is 1.95. The molecule has 0 aliphatic carbocycles. The van der Waals surface area contributed by atoms with Gasteiger partial charge in [0, 0.05) is 14.3 Å². The summed E-state index contributed by atoms with van der Waals surface area (Å²) in [4.78, 5) is 12.9. The molecule has 0 radical (unpaired) electrons. The van der Waals surface area contributed by atoms with Gasteiger partial charge in [0.25, 0.3) is 0 Å². The number of carboxylic acid groups (broad SMARTS) is 1. The maximum absolute atomic E-state index is 11.2. The van der Waals surface area contributed by atoms with Gasteiger partial charge < -0.3 is 5.11 Å². The molecule has 18 heavy (non-hydrogen) atoms. The first-order valence-electron chi connectivity index (χ1n) is 5.34. The highest BCUT2D eigenvalue weighted by molar-refractivity contribution is 9.10. The van der Waals surface area contributed by atoms with Gasteiger partial charge in [-0.05, 0) is 52.7 Å². The van der Waals surface area contributed by atoms with E-state index in [1.165, 1.54) is 11.8 Å². The van der Waals surface area contributed by atoms with E-state index in [-0.39, 0.29) is 0 Å². The van der Waals surface area contributed by atoms with Gasteiger partial charge >= 0.3 is 5.97 Å². The van der Waals surface area contributed by atoms with Gasteiger partial charge in [0.1, 0.15) is 0 Å². The normalized spacial score (nSPS) is 10.3. The monoisotopic (exact) mass is 322 g/mol. The number of benzene rings is 2. The minimum atomic E-state index is -0.899. The highest BCUT2D eigenvalue weighted by Gasteiger charge is 2.12. The summed E-state index contributed by atoms with van der Waals surface area (Å²) in [7, 11) is 0. The Bertz CT molecular complexity index is 596. The first kappa shape index (κ1) is 13.2. The van der Waals surface area contributed by atoms with E-state index in [1.807, 2.05) is 43.3 Å². The molecule has 2 aromatic carbocycles. The van der Waals surface area contributed by atoms with Crippen molar-refractivity contribution in [3.05, 3.63) is 58.1 Å². The minimum absolute atomic E-state index is 0.335. The molecular formula is C14H11BrO2S. The van der Waals surface area contributed by atoms with E-state index in [1.54, 1.807) is 6.07 Å². The fourth-order valence-electron chi connectivity index (χ4n) is 1.54. The summed E-state index contributed by atoms with van der Waals surface area (Å²) in [6, 6.07) is 13.1. The predicted octanol–water partition coefficient (Wildman–Crippen LogP) is 4.61. The van der Waals surface area contributed by atoms with Gasteiger partial charge in [-0.15, -0.1) is 0 Å². The van der Waals surface area contributed by atoms with Crippen molar-refractivity contribution in [1.82, 2.24) is 0 Å². The highest BCUT2D eigenvalue weighted by Crippen LogP contribution is 2.35. The van der Waals surface area contributed by atoms with Crippen molar-refractivity contribution in [3.63, 3.8) is 0 Å². The summed E-state index contributed by atoms with van der Waals surface area (Å²) < 4.78 is 0.966. The van der Waals surface area contributed by atoms with Crippen LogP contribution in [0.15, 0.2) is 56.7 Å². The quantitative estimate of drug-likeness (QED) is 0.896. The largest absolute Gasteiger partial charge is 0.478 e. The Morgan fingerprint density at radius 2 is 1.89 bits per heavy atom. The van der Waals surface area contributed by atoms with Gasteiger partial charge in [0.15, 0.2) is 0 Å². The molecule has 0 spiro atoms. The number of aryl methyl sites for hydroxylation is 1. The second-order valence-electron chi connectivity index (χ2n) is 3.84. The molecule has 0 saturated heterocycles. The molecule has 0 aliphatic rings. The summed E-state index contributed by atoms with van der Waals surface area (Å²) in [5.41, 5.74) is 1.39. The van der Waals surface area contributed by atoms with Crippen LogP contribution in [0, 0.1) is 6.92 Å². The van der Waals surface area contributed by atoms with Crippen LogP contribution in [0.5, 0.6) is 0 Å². The van der Waals surface area contributed by atoms with E-state index in [0.717, 1.165) is 19.8 Å². The summed E-state index contributed by atoms with van der Waals surface area (Å²) in [6.07, 6.45) is 0. The number of hydrogen-bond donors (Lipinski definition) is 1. The molecule has 2 aromatic rings. The zero-order valence-corrected chi connectivity index (χ0v) is 12.1. The summed E-state index contributed by atoms with van der Waals surface area (Å²) >= 11 is 4.92. The maximum Gasteiger partial charge on any atom is 0.336 e. The second kappa shape index (κ2) is 5.59. The van der Waals surface area contributed by atoms with Crippen LogP contribution in [0.3, 0.4) is 0 Å². The lowest BCUT2D eigenvalue weighted by atomic mass is 10.1. The molecule has 4 heteroatoms. The lowest BCUT2D eigenvalue weighted by molar-refractivity contribution is 0.0693. The molecule has 0 bridgehead atoms. The zero-order valence-electron chi connectivity index (χ0n) is 9.68. The van der Waals surface area contributed by atoms with Gasteiger partial charge in [0.2, 0.25) is 0 Å². The van der Waals surface area contributed by atoms with Crippen molar-refractivity contribution in [2.75, 3.05) is 0 Å². The van der Waals surface area contributed by atoms with Crippen LogP contribution in [0.4, 0.5) is 0 Å². The van der Waals surface area contributed by atoms with Crippen molar-refractivity contribution >= 4 is 33.7 Å². The molecule has 0 saturated carbocycles. The Hall–Kier alpha value is -1.26. The van der Waals surface area contributed by atoms with Crippen molar-refractivity contribution in [3.8, 4) is 0 Å². The van der Waals surface area contributed by atoms with Crippen LogP contribution < -0.4 is 0 Å². The van der Waals surface area contributed by atoms with E-state index >= 15 is 0 Å². The SMILES string of the molecule is Cc1ccc(C(=O)O)c(Sc2ccccc2Br)c1. The Labute approximate surface area is 118 Å². The third-order valence-corrected chi connectivity index (χ3v) is 4.51. The fraction of sp³-hybridized carbons (Fsp3) is 0.0714. The minimum Gasteiger partial charge on any atom is -0.478 e. The molecule has 92 valence electrons. The number of rotatable bonds is 3. The molecule has 1 N–H and O–H groups in total. The van der Waals surface area contributed by atoms with E-state index in [4.69, 9.17) is 0 Å². The molecule has 0 atom stereocenters. The molecule has 2 rings (SSSR count). The topological polar surface area (TPSA) is 37.3 Å². The van der Waals surface area contributed by atoms with Crippen LogP contribution in [-0.4, -0.2) is 11.1 Å². The molecule has 2 nitrogen and oxygen atoms in total. The molecule has 0 heterocycles. The number of carbonyl (C=O) groups is 1. The van der Waals surface area contributed by atoms with Gasteiger partial charge in [-0.25, -0.2) is 4.79 Å². The summed E-state index contributed by atoms with van der Waals surface area (Å²) in [5.74, 6) is -0.899. The smallest absolute Gasteiger partial charge is 0.336 e. The Morgan fingerprint density at radius 3 is 2.56 bits per heavy atom. The van der Waals surface area contributed by atoms with Gasteiger partial charge in [-0.2, -0.15) is 0 Å². The molecule has 0 aliphatic heterocycles. The third kappa shape index (κ3) is 2.94. The predicted molar refractivity (Wildman–Crippen MR) is 76.4 cm³/mol. The molecule has 0 aromatic heterocycles. The average molecular weight is 323 g/mol. The molecule has 0 unspecified atom stereocenters. The van der Waals surface area contributed by atoms with Gasteiger partial charge in [-0.1, -0.05) is 30.0 Å². The molecule has 0 fully saturated rings. The van der Waals surface area contributed by atoms with Crippen LogP contribution in [-0.2, 0) is 0 Å². The van der Waals surface area contributed by atoms with Crippen LogP contribution in [0.2, 0.25) is 0 Å². The lowest BCUT2D eigenvalue weighted by Crippen LogP contribution is -1.98. The lowest BCUT2D eigenvalue weighted by Gasteiger charge is -2.08. The van der Waals surface area contributed by atoms with Crippen molar-refractivity contribution in [2.45, 2.75) is 16.7 Å². The van der Waals surface area contributed by atoms with E-state index in [0.29, 0.717) is 5.56 Å². The van der Waals surface area contributed by atoms with E-state index in [9.17, 15) is 9.90 Å². The van der Waals surface area contributed by atoms with Crippen LogP contribution in [0.25, 0.3) is 0 Å². The highest BCUT2D eigenvalue weighted by atomic mass is 79.9. The maximum atomic E-state index is 11.2. The molecule has 0 amide bonds. The number of halogens is 1. The molecular weight excluding hydrogens is 312 g/mol. The van der Waals surface area contributed by atoms with Crippen molar-refractivity contribution in [2.24, 2.45) is 0 Å². The first-order valence-corrected chi connectivity index (χ1v) is 6.95. The van der Waals surface area contributed by atoms with Crippen molar-refractivity contribution in [1.29, 1.82) is 0 Å². The third-order valence-electron chi connectivity index (χ3n) is 2.42. The summed E-state index contributed by atoms with van der Waals surface area (Å²) in [5, 5.41) is 9.18. The van der Waals surface area contributed by atoms with E-state index in [2.05, 4.69) is 15.9 Å². The fourth-order valence-corrected chi connectivity index (χ4v) is 3.12. The second-order valence-corrected chi connectivity index (χ2v) is 5.78. The number of aromatic carboxylic acids is 1. The Kier molecular flexibility index (Phi) is 4.09. The van der Waals surface area contributed by atoms with Crippen molar-refractivity contribution < 1.29 is 9.90 Å². The average Bonchev–Trinajstić information content (AvgIpc) is 2.32. The van der Waals surface area contributed by atoms with E-state index < -0.39 is 5.97 Å². The first-order chi connectivity index (χ1) is 8.58. The zero-order chi connectivity index (χ0) is 13.1.